The van der Waals surface area contributed by atoms with E-state index in [0.717, 1.165) is 11.3 Å². The molecule has 2 nitrogen and oxygen atoms in total. The monoisotopic (exact) mass is 362 g/mol. The highest BCUT2D eigenvalue weighted by Gasteiger charge is 2.45. The van der Waals surface area contributed by atoms with E-state index in [1.807, 2.05) is 0 Å². The summed E-state index contributed by atoms with van der Waals surface area (Å²) in [5, 5.41) is 0. The molecule has 1 heterocycles. The number of anilines is 1. The first kappa shape index (κ1) is 19.0. The highest BCUT2D eigenvalue weighted by atomic mass is 35.5. The summed E-state index contributed by atoms with van der Waals surface area (Å²) in [4.78, 5) is 5.32. The first-order valence-electron chi connectivity index (χ1n) is 10.4. The molecule has 140 valence electrons. The molecule has 3 aliphatic rings. The number of nitrogens with zero attached hydrogens (tertiary/aromatic N) is 2. The fraction of sp³-hybridized carbons (Fsp3) is 0.727. The van der Waals surface area contributed by atoms with Crippen molar-refractivity contribution in [3.05, 3.63) is 29.8 Å². The summed E-state index contributed by atoms with van der Waals surface area (Å²) in [6.07, 6.45) is 11.5. The Labute approximate surface area is 160 Å². The zero-order valence-corrected chi connectivity index (χ0v) is 16.7. The van der Waals surface area contributed by atoms with Crippen molar-refractivity contribution in [3.63, 3.8) is 0 Å². The maximum atomic E-state index is 2.67. The van der Waals surface area contributed by atoms with Gasteiger partial charge >= 0.3 is 0 Å². The van der Waals surface area contributed by atoms with Crippen molar-refractivity contribution in [1.29, 1.82) is 0 Å². The maximum absolute atomic E-state index is 2.67. The van der Waals surface area contributed by atoms with E-state index < -0.39 is 0 Å². The SMILES string of the molecule is CCCCN1CCN(c2ccccc2C2CCC3(CC2)CC3)CC1.Cl. The molecular formula is C22H35ClN2. The van der Waals surface area contributed by atoms with E-state index >= 15 is 0 Å². The van der Waals surface area contributed by atoms with Gasteiger partial charge in [0.2, 0.25) is 0 Å². The van der Waals surface area contributed by atoms with E-state index in [9.17, 15) is 0 Å². The number of rotatable bonds is 5. The van der Waals surface area contributed by atoms with Crippen molar-refractivity contribution in [2.45, 2.75) is 64.2 Å². The second-order valence-corrected chi connectivity index (χ2v) is 8.52. The number of benzene rings is 1. The number of hydrogen-bond acceptors (Lipinski definition) is 2. The van der Waals surface area contributed by atoms with Crippen molar-refractivity contribution in [2.75, 3.05) is 37.6 Å². The number of unbranched alkanes of at least 4 members (excludes halogenated alkanes) is 1. The van der Waals surface area contributed by atoms with Crippen LogP contribution in [0.3, 0.4) is 0 Å². The minimum atomic E-state index is 0. The number of halogens is 1. The quantitative estimate of drug-likeness (QED) is 0.685. The summed E-state index contributed by atoms with van der Waals surface area (Å²) in [5.41, 5.74) is 4.00. The van der Waals surface area contributed by atoms with Crippen molar-refractivity contribution >= 4 is 18.1 Å². The molecule has 1 spiro atoms. The standard InChI is InChI=1S/C22H34N2.ClH/c1-2-3-14-23-15-17-24(18-16-23)21-7-5-4-6-20(21)19-8-10-22(11-9-19)12-13-22;/h4-7,19H,2-3,8-18H2,1H3;1H. The lowest BCUT2D eigenvalue weighted by molar-refractivity contribution is 0.253. The van der Waals surface area contributed by atoms with Gasteiger partial charge in [0.25, 0.3) is 0 Å². The molecule has 3 fully saturated rings. The van der Waals surface area contributed by atoms with Gasteiger partial charge in [-0.15, -0.1) is 12.4 Å². The Morgan fingerprint density at radius 1 is 0.960 bits per heavy atom. The van der Waals surface area contributed by atoms with E-state index in [4.69, 9.17) is 0 Å². The van der Waals surface area contributed by atoms with Crippen LogP contribution in [0.1, 0.15) is 69.8 Å². The van der Waals surface area contributed by atoms with Crippen LogP contribution in [0, 0.1) is 5.41 Å². The predicted molar refractivity (Wildman–Crippen MR) is 110 cm³/mol. The third-order valence-corrected chi connectivity index (χ3v) is 6.92. The van der Waals surface area contributed by atoms with Gasteiger partial charge in [-0.2, -0.15) is 0 Å². The zero-order valence-electron chi connectivity index (χ0n) is 15.9. The Morgan fingerprint density at radius 2 is 1.64 bits per heavy atom. The minimum absolute atomic E-state index is 0. The van der Waals surface area contributed by atoms with Crippen molar-refractivity contribution in [1.82, 2.24) is 4.90 Å². The summed E-state index contributed by atoms with van der Waals surface area (Å²) < 4.78 is 0. The van der Waals surface area contributed by atoms with Gasteiger partial charge in [0.15, 0.2) is 0 Å². The predicted octanol–water partition coefficient (Wildman–Crippen LogP) is 5.47. The molecule has 4 rings (SSSR count). The molecule has 3 heteroatoms. The van der Waals surface area contributed by atoms with E-state index in [1.54, 1.807) is 11.3 Å². The molecule has 0 unspecified atom stereocenters. The van der Waals surface area contributed by atoms with Gasteiger partial charge in [-0.3, -0.25) is 4.90 Å². The van der Waals surface area contributed by atoms with E-state index in [2.05, 4.69) is 41.0 Å². The average Bonchev–Trinajstić information content (AvgIpc) is 3.40. The fourth-order valence-corrected chi connectivity index (χ4v) is 4.93. The van der Waals surface area contributed by atoms with Gasteiger partial charge in [0.1, 0.15) is 0 Å². The van der Waals surface area contributed by atoms with Crippen LogP contribution in [0.15, 0.2) is 24.3 Å². The normalized spacial score (nSPS) is 23.5. The maximum Gasteiger partial charge on any atom is 0.0402 e. The fourth-order valence-electron chi connectivity index (χ4n) is 4.93. The second-order valence-electron chi connectivity index (χ2n) is 8.52. The van der Waals surface area contributed by atoms with Crippen molar-refractivity contribution < 1.29 is 0 Å². The molecule has 0 atom stereocenters. The van der Waals surface area contributed by atoms with E-state index in [0.29, 0.717) is 0 Å². The Bertz CT molecular complexity index is 537. The van der Waals surface area contributed by atoms with Crippen molar-refractivity contribution in [3.8, 4) is 0 Å². The van der Waals surface area contributed by atoms with Crippen LogP contribution in [-0.4, -0.2) is 37.6 Å². The average molecular weight is 363 g/mol. The van der Waals surface area contributed by atoms with Gasteiger partial charge in [-0.1, -0.05) is 31.5 Å². The van der Waals surface area contributed by atoms with Gasteiger partial charge in [0.05, 0.1) is 0 Å². The van der Waals surface area contributed by atoms with E-state index in [-0.39, 0.29) is 12.4 Å². The van der Waals surface area contributed by atoms with Crippen LogP contribution in [-0.2, 0) is 0 Å². The Kier molecular flexibility index (Phi) is 6.33. The van der Waals surface area contributed by atoms with Crippen LogP contribution in [0.25, 0.3) is 0 Å². The molecule has 2 saturated carbocycles. The van der Waals surface area contributed by atoms with Crippen LogP contribution in [0.4, 0.5) is 5.69 Å². The molecule has 0 amide bonds. The zero-order chi connectivity index (χ0) is 16.4. The molecule has 1 aromatic carbocycles. The van der Waals surface area contributed by atoms with Crippen LogP contribution < -0.4 is 4.90 Å². The third kappa shape index (κ3) is 4.34. The molecule has 0 aromatic heterocycles. The minimum Gasteiger partial charge on any atom is -0.369 e. The van der Waals surface area contributed by atoms with Crippen LogP contribution in [0.2, 0.25) is 0 Å². The smallest absolute Gasteiger partial charge is 0.0402 e. The lowest BCUT2D eigenvalue weighted by Gasteiger charge is -2.38. The molecular weight excluding hydrogens is 328 g/mol. The Balaban J connectivity index is 0.00000182. The first-order valence-corrected chi connectivity index (χ1v) is 10.4. The lowest BCUT2D eigenvalue weighted by atomic mass is 9.76. The largest absolute Gasteiger partial charge is 0.369 e. The molecule has 0 N–H and O–H groups in total. The first-order chi connectivity index (χ1) is 11.8. The van der Waals surface area contributed by atoms with Gasteiger partial charge in [-0.25, -0.2) is 0 Å². The summed E-state index contributed by atoms with van der Waals surface area (Å²) in [6, 6.07) is 9.32. The molecule has 1 aliphatic heterocycles. The molecule has 25 heavy (non-hydrogen) atoms. The highest BCUT2D eigenvalue weighted by molar-refractivity contribution is 5.85. The summed E-state index contributed by atoms with van der Waals surface area (Å²) >= 11 is 0. The summed E-state index contributed by atoms with van der Waals surface area (Å²) in [6.45, 7) is 8.47. The number of para-hydroxylation sites is 1. The molecule has 0 bridgehead atoms. The van der Waals surface area contributed by atoms with Crippen LogP contribution >= 0.6 is 12.4 Å². The molecule has 1 saturated heterocycles. The molecule has 1 aromatic rings. The van der Waals surface area contributed by atoms with Gasteiger partial charge in [0, 0.05) is 31.9 Å². The third-order valence-electron chi connectivity index (χ3n) is 6.92. The molecule has 2 aliphatic carbocycles. The van der Waals surface area contributed by atoms with Crippen molar-refractivity contribution in [2.24, 2.45) is 5.41 Å². The Hall–Kier alpha value is -0.730. The summed E-state index contributed by atoms with van der Waals surface area (Å²) in [5.74, 6) is 0.811. The Morgan fingerprint density at radius 3 is 2.28 bits per heavy atom. The van der Waals surface area contributed by atoms with E-state index in [1.165, 1.54) is 84.1 Å². The lowest BCUT2D eigenvalue weighted by Crippen LogP contribution is -2.47. The summed E-state index contributed by atoms with van der Waals surface area (Å²) in [7, 11) is 0. The van der Waals surface area contributed by atoms with Gasteiger partial charge in [-0.05, 0) is 74.5 Å². The second kappa shape index (κ2) is 8.31. The highest BCUT2D eigenvalue weighted by Crippen LogP contribution is 2.59. The molecule has 0 radical (unpaired) electrons. The van der Waals surface area contributed by atoms with Gasteiger partial charge < -0.3 is 4.90 Å². The van der Waals surface area contributed by atoms with Crippen LogP contribution in [0.5, 0.6) is 0 Å². The number of hydrogen-bond donors (Lipinski definition) is 0. The number of piperazine rings is 1. The topological polar surface area (TPSA) is 6.48 Å².